The van der Waals surface area contributed by atoms with Crippen molar-refractivity contribution in [3.8, 4) is 11.1 Å². The quantitative estimate of drug-likeness (QED) is 0.388. The van der Waals surface area contributed by atoms with Gasteiger partial charge in [0.1, 0.15) is 0 Å². The summed E-state index contributed by atoms with van der Waals surface area (Å²) >= 11 is 1.72. The molecular weight excluding hydrogens is 426 g/mol. The molecule has 2 aliphatic rings. The minimum atomic E-state index is 0.159. The molecule has 0 N–H and O–H groups in total. The van der Waals surface area contributed by atoms with Crippen LogP contribution in [0.5, 0.6) is 0 Å². The maximum atomic E-state index is 13.4. The summed E-state index contributed by atoms with van der Waals surface area (Å²) in [4.78, 5) is 21.8. The number of hydrogen-bond donors (Lipinski definition) is 0. The van der Waals surface area contributed by atoms with E-state index in [0.29, 0.717) is 11.8 Å². The number of likely N-dealkylation sites (tertiary alicyclic amines) is 1. The smallest absolute Gasteiger partial charge is 0.258 e. The highest BCUT2D eigenvalue weighted by molar-refractivity contribution is 7.98. The van der Waals surface area contributed by atoms with Crippen LogP contribution in [0.1, 0.15) is 23.6 Å². The number of benzene rings is 2. The van der Waals surface area contributed by atoms with E-state index in [9.17, 15) is 4.79 Å². The molecule has 1 saturated heterocycles. The Morgan fingerprint density at radius 2 is 1.85 bits per heavy atom. The van der Waals surface area contributed by atoms with E-state index in [2.05, 4.69) is 75.3 Å². The molecule has 1 fully saturated rings. The summed E-state index contributed by atoms with van der Waals surface area (Å²) in [5.41, 5.74) is 5.48. The standard InChI is InChI=1S/C28H27N3OS/c1-33-24-8-6-21(7-9-24)25-10-11-27-23-13-20(17-31(27)28(25)32)16-30(18-23)15-19-12-22-4-2-3-5-26(22)29-14-19/h2-12,14,20,23H,13,15-18H2,1H3/t20-,23-/m1/s1. The molecule has 2 aromatic carbocycles. The molecule has 4 aromatic rings. The van der Waals surface area contributed by atoms with E-state index in [-0.39, 0.29) is 5.56 Å². The van der Waals surface area contributed by atoms with Gasteiger partial charge >= 0.3 is 0 Å². The van der Waals surface area contributed by atoms with Gasteiger partial charge in [-0.3, -0.25) is 14.7 Å². The first-order valence-corrected chi connectivity index (χ1v) is 12.8. The predicted octanol–water partition coefficient (Wildman–Crippen LogP) is 5.40. The van der Waals surface area contributed by atoms with Crippen molar-refractivity contribution in [3.63, 3.8) is 0 Å². The molecule has 6 rings (SSSR count). The van der Waals surface area contributed by atoms with Crippen molar-refractivity contribution in [1.82, 2.24) is 14.5 Å². The molecule has 2 atom stereocenters. The minimum Gasteiger partial charge on any atom is -0.311 e. The topological polar surface area (TPSA) is 38.1 Å². The van der Waals surface area contributed by atoms with E-state index in [0.717, 1.165) is 42.8 Å². The number of hydrogen-bond acceptors (Lipinski definition) is 4. The molecule has 0 amide bonds. The number of pyridine rings is 2. The van der Waals surface area contributed by atoms with Gasteiger partial charge in [0.2, 0.25) is 0 Å². The fraction of sp³-hybridized carbons (Fsp3) is 0.286. The van der Waals surface area contributed by atoms with Gasteiger partial charge in [-0.25, -0.2) is 0 Å². The third-order valence-corrected chi connectivity index (χ3v) is 7.88. The van der Waals surface area contributed by atoms with Gasteiger partial charge < -0.3 is 4.57 Å². The van der Waals surface area contributed by atoms with Crippen LogP contribution in [0.15, 0.2) is 82.6 Å². The summed E-state index contributed by atoms with van der Waals surface area (Å²) in [6.45, 7) is 3.75. The van der Waals surface area contributed by atoms with E-state index in [1.54, 1.807) is 11.8 Å². The Morgan fingerprint density at radius 1 is 1.00 bits per heavy atom. The number of nitrogens with zero attached hydrogens (tertiary/aromatic N) is 3. The molecule has 2 bridgehead atoms. The Bertz CT molecular complexity index is 1380. The van der Waals surface area contributed by atoms with E-state index < -0.39 is 0 Å². The van der Waals surface area contributed by atoms with Crippen LogP contribution in [0.4, 0.5) is 0 Å². The molecule has 0 saturated carbocycles. The lowest BCUT2D eigenvalue weighted by atomic mass is 9.82. The average Bonchev–Trinajstić information content (AvgIpc) is 2.85. The largest absolute Gasteiger partial charge is 0.311 e. The summed E-state index contributed by atoms with van der Waals surface area (Å²) in [5.74, 6) is 0.919. The van der Waals surface area contributed by atoms with E-state index >= 15 is 0 Å². The Hall–Kier alpha value is -2.89. The SMILES string of the molecule is CSc1ccc(-c2ccc3n(c2=O)C[C@@H]2C[C@@H]3CN(Cc3cnc4ccccc4c3)C2)cc1. The first kappa shape index (κ1) is 20.7. The second kappa shape index (κ2) is 8.47. The fourth-order valence-electron chi connectivity index (χ4n) is 5.63. The zero-order chi connectivity index (χ0) is 22.4. The van der Waals surface area contributed by atoms with Crippen molar-refractivity contribution in [3.05, 3.63) is 94.5 Å². The van der Waals surface area contributed by atoms with Crippen molar-refractivity contribution in [2.75, 3.05) is 19.3 Å². The first-order chi connectivity index (χ1) is 16.2. The molecule has 0 aliphatic carbocycles. The highest BCUT2D eigenvalue weighted by atomic mass is 32.2. The average molecular weight is 454 g/mol. The van der Waals surface area contributed by atoms with Crippen LogP contribution in [-0.4, -0.2) is 33.8 Å². The fourth-order valence-corrected chi connectivity index (χ4v) is 6.03. The molecule has 0 unspecified atom stereocenters. The zero-order valence-corrected chi connectivity index (χ0v) is 19.6. The van der Waals surface area contributed by atoms with Crippen molar-refractivity contribution < 1.29 is 0 Å². The van der Waals surface area contributed by atoms with Gasteiger partial charge in [0, 0.05) is 59.8 Å². The lowest BCUT2D eigenvalue weighted by Gasteiger charge is -2.43. The minimum absolute atomic E-state index is 0.159. The Kier molecular flexibility index (Phi) is 5.31. The summed E-state index contributed by atoms with van der Waals surface area (Å²) < 4.78 is 2.06. The number of fused-ring (bicyclic) bond motifs is 5. The normalized spacial score (nSPS) is 20.0. The number of rotatable bonds is 4. The van der Waals surface area contributed by atoms with Crippen LogP contribution in [0.25, 0.3) is 22.0 Å². The zero-order valence-electron chi connectivity index (χ0n) is 18.8. The molecule has 33 heavy (non-hydrogen) atoms. The summed E-state index contributed by atoms with van der Waals surface area (Å²) in [7, 11) is 0. The van der Waals surface area contributed by atoms with Gasteiger partial charge in [-0.05, 0) is 66.1 Å². The number of aromatic nitrogens is 2. The predicted molar refractivity (Wildman–Crippen MR) is 136 cm³/mol. The molecular formula is C28H27N3OS. The van der Waals surface area contributed by atoms with E-state index in [1.807, 2.05) is 18.3 Å². The van der Waals surface area contributed by atoms with E-state index in [4.69, 9.17) is 0 Å². The maximum absolute atomic E-state index is 13.4. The van der Waals surface area contributed by atoms with Gasteiger partial charge in [-0.2, -0.15) is 0 Å². The van der Waals surface area contributed by atoms with Gasteiger partial charge in [-0.15, -0.1) is 11.8 Å². The van der Waals surface area contributed by atoms with Crippen molar-refractivity contribution >= 4 is 22.7 Å². The van der Waals surface area contributed by atoms with Gasteiger partial charge in [0.15, 0.2) is 0 Å². The van der Waals surface area contributed by atoms with Crippen molar-refractivity contribution in [2.24, 2.45) is 5.92 Å². The summed E-state index contributed by atoms with van der Waals surface area (Å²) in [5, 5.41) is 1.20. The molecule has 2 aliphatic heterocycles. The number of thioether (sulfide) groups is 1. The summed E-state index contributed by atoms with van der Waals surface area (Å²) in [6, 6.07) is 23.1. The van der Waals surface area contributed by atoms with Gasteiger partial charge in [0.25, 0.3) is 5.56 Å². The Morgan fingerprint density at radius 3 is 2.70 bits per heavy atom. The van der Waals surface area contributed by atoms with Crippen LogP contribution in [0, 0.1) is 5.92 Å². The maximum Gasteiger partial charge on any atom is 0.258 e. The van der Waals surface area contributed by atoms with Crippen LogP contribution in [0.3, 0.4) is 0 Å². The lowest BCUT2D eigenvalue weighted by molar-refractivity contribution is 0.114. The third kappa shape index (κ3) is 3.90. The molecule has 4 heterocycles. The Balaban J connectivity index is 1.25. The third-order valence-electron chi connectivity index (χ3n) is 7.13. The van der Waals surface area contributed by atoms with Crippen LogP contribution in [0.2, 0.25) is 0 Å². The second-order valence-electron chi connectivity index (χ2n) is 9.35. The first-order valence-electron chi connectivity index (χ1n) is 11.6. The van der Waals surface area contributed by atoms with Gasteiger partial charge in [0.05, 0.1) is 5.52 Å². The number of para-hydroxylation sites is 1. The molecule has 5 heteroatoms. The second-order valence-corrected chi connectivity index (χ2v) is 10.2. The van der Waals surface area contributed by atoms with Gasteiger partial charge in [-0.1, -0.05) is 30.3 Å². The number of piperidine rings is 1. The lowest BCUT2D eigenvalue weighted by Crippen LogP contribution is -2.46. The molecule has 0 radical (unpaired) electrons. The molecule has 2 aromatic heterocycles. The van der Waals surface area contributed by atoms with Crippen LogP contribution in [-0.2, 0) is 13.1 Å². The monoisotopic (exact) mass is 453 g/mol. The van der Waals surface area contributed by atoms with Crippen LogP contribution < -0.4 is 5.56 Å². The van der Waals surface area contributed by atoms with Crippen LogP contribution >= 0.6 is 11.8 Å². The summed E-state index contributed by atoms with van der Waals surface area (Å²) in [6.07, 6.45) is 5.26. The highest BCUT2D eigenvalue weighted by Crippen LogP contribution is 2.36. The molecule has 0 spiro atoms. The highest BCUT2D eigenvalue weighted by Gasteiger charge is 2.35. The van der Waals surface area contributed by atoms with Crippen molar-refractivity contribution in [1.29, 1.82) is 0 Å². The molecule has 4 nitrogen and oxygen atoms in total. The molecule has 166 valence electrons. The Labute approximate surface area is 198 Å². The van der Waals surface area contributed by atoms with E-state index in [1.165, 1.54) is 28.0 Å². The van der Waals surface area contributed by atoms with Crippen molar-refractivity contribution in [2.45, 2.75) is 30.3 Å².